The first-order chi connectivity index (χ1) is 16.8. The van der Waals surface area contributed by atoms with Gasteiger partial charge >= 0.3 is 5.97 Å². The highest BCUT2D eigenvalue weighted by atomic mass is 16.5. The van der Waals surface area contributed by atoms with Gasteiger partial charge in [0.25, 0.3) is 0 Å². The standard InChI is InChI=1S/C32H46O2/c1-2-3-4-5-6-7-8-9-10-11-12-13-14-21-26-31(27-29-22-17-15-18-23-29)32(33)34-28-30-24-19-16-20-25-30/h9-10,15-20,22-25,31H,2-8,11-14,21,26-28H2,1H3. The molecule has 2 rings (SSSR count). The van der Waals surface area contributed by atoms with Gasteiger partial charge in [-0.05, 0) is 49.7 Å². The number of esters is 1. The minimum absolute atomic E-state index is 0.0645. The SMILES string of the molecule is CCCCCCCCC=CCCCCCCC(Cc1ccccc1)C(=O)OCc1ccccc1. The lowest BCUT2D eigenvalue weighted by molar-refractivity contribution is -0.150. The summed E-state index contributed by atoms with van der Waals surface area (Å²) >= 11 is 0. The lowest BCUT2D eigenvalue weighted by atomic mass is 9.93. The molecule has 0 fully saturated rings. The van der Waals surface area contributed by atoms with Crippen molar-refractivity contribution in [3.05, 3.63) is 83.9 Å². The van der Waals surface area contributed by atoms with Crippen molar-refractivity contribution in [2.45, 2.75) is 103 Å². The van der Waals surface area contributed by atoms with E-state index in [1.54, 1.807) is 0 Å². The zero-order valence-electron chi connectivity index (χ0n) is 21.4. The Morgan fingerprint density at radius 3 is 1.85 bits per heavy atom. The van der Waals surface area contributed by atoms with E-state index in [-0.39, 0.29) is 11.9 Å². The van der Waals surface area contributed by atoms with Crippen molar-refractivity contribution in [2.24, 2.45) is 5.92 Å². The molecule has 34 heavy (non-hydrogen) atoms. The van der Waals surface area contributed by atoms with Crippen LogP contribution in [0.4, 0.5) is 0 Å². The van der Waals surface area contributed by atoms with Crippen molar-refractivity contribution in [3.63, 3.8) is 0 Å². The molecule has 0 saturated carbocycles. The summed E-state index contributed by atoms with van der Waals surface area (Å²) < 4.78 is 5.68. The first-order valence-corrected chi connectivity index (χ1v) is 13.7. The molecule has 0 aromatic heterocycles. The Hall–Kier alpha value is -2.35. The molecule has 0 aliphatic heterocycles. The zero-order chi connectivity index (χ0) is 24.1. The minimum Gasteiger partial charge on any atom is -0.461 e. The van der Waals surface area contributed by atoms with Crippen LogP contribution in [0.3, 0.4) is 0 Å². The Bertz CT molecular complexity index is 766. The topological polar surface area (TPSA) is 26.3 Å². The van der Waals surface area contributed by atoms with Gasteiger partial charge in [0.15, 0.2) is 0 Å². The molecule has 1 atom stereocenters. The average Bonchev–Trinajstić information content (AvgIpc) is 2.88. The van der Waals surface area contributed by atoms with Crippen molar-refractivity contribution in [3.8, 4) is 0 Å². The second kappa shape index (κ2) is 19.0. The Balaban J connectivity index is 1.62. The molecule has 0 amide bonds. The number of carbonyl (C=O) groups is 1. The fraction of sp³-hybridized carbons (Fsp3) is 0.531. The average molecular weight is 463 g/mol. The summed E-state index contributed by atoms with van der Waals surface area (Å²) in [6, 6.07) is 20.3. The Morgan fingerprint density at radius 1 is 0.706 bits per heavy atom. The van der Waals surface area contributed by atoms with Gasteiger partial charge in [-0.15, -0.1) is 0 Å². The lowest BCUT2D eigenvalue weighted by Crippen LogP contribution is -2.20. The number of benzene rings is 2. The summed E-state index contributed by atoms with van der Waals surface area (Å²) in [6.07, 6.45) is 21.8. The van der Waals surface area contributed by atoms with E-state index in [9.17, 15) is 4.79 Å². The molecule has 0 radical (unpaired) electrons. The number of allylic oxidation sites excluding steroid dienone is 2. The molecule has 2 nitrogen and oxygen atoms in total. The van der Waals surface area contributed by atoms with Gasteiger partial charge in [-0.2, -0.15) is 0 Å². The van der Waals surface area contributed by atoms with Gasteiger partial charge in [0, 0.05) is 0 Å². The molecule has 2 heteroatoms. The van der Waals surface area contributed by atoms with Crippen LogP contribution < -0.4 is 0 Å². The van der Waals surface area contributed by atoms with Gasteiger partial charge < -0.3 is 4.74 Å². The molecule has 0 spiro atoms. The van der Waals surface area contributed by atoms with Gasteiger partial charge in [-0.3, -0.25) is 4.79 Å². The van der Waals surface area contributed by atoms with Crippen molar-refractivity contribution in [2.75, 3.05) is 0 Å². The van der Waals surface area contributed by atoms with Crippen molar-refractivity contribution in [1.29, 1.82) is 0 Å². The van der Waals surface area contributed by atoms with Gasteiger partial charge in [-0.1, -0.05) is 131 Å². The predicted molar refractivity (Wildman–Crippen MR) is 145 cm³/mol. The minimum atomic E-state index is -0.0664. The van der Waals surface area contributed by atoms with E-state index in [0.29, 0.717) is 6.61 Å². The van der Waals surface area contributed by atoms with Gasteiger partial charge in [-0.25, -0.2) is 0 Å². The normalized spacial score (nSPS) is 12.1. The van der Waals surface area contributed by atoms with Crippen LogP contribution in [0.15, 0.2) is 72.8 Å². The zero-order valence-corrected chi connectivity index (χ0v) is 21.4. The van der Waals surface area contributed by atoms with Gasteiger partial charge in [0.2, 0.25) is 0 Å². The van der Waals surface area contributed by atoms with Crippen molar-refractivity contribution < 1.29 is 9.53 Å². The van der Waals surface area contributed by atoms with Crippen LogP contribution in [0.5, 0.6) is 0 Å². The predicted octanol–water partition coefficient (Wildman–Crippen LogP) is 9.24. The second-order valence-electron chi connectivity index (χ2n) is 9.50. The third kappa shape index (κ3) is 13.4. The van der Waals surface area contributed by atoms with E-state index < -0.39 is 0 Å². The molecule has 186 valence electrons. The lowest BCUT2D eigenvalue weighted by Gasteiger charge is -2.16. The first-order valence-electron chi connectivity index (χ1n) is 13.7. The fourth-order valence-electron chi connectivity index (χ4n) is 4.33. The fourth-order valence-corrected chi connectivity index (χ4v) is 4.33. The molecule has 0 saturated heterocycles. The Morgan fingerprint density at radius 2 is 1.24 bits per heavy atom. The Kier molecular flexibility index (Phi) is 15.6. The second-order valence-corrected chi connectivity index (χ2v) is 9.50. The van der Waals surface area contributed by atoms with Crippen LogP contribution in [0.25, 0.3) is 0 Å². The molecule has 0 N–H and O–H groups in total. The number of hydrogen-bond donors (Lipinski definition) is 0. The molecular formula is C32H46O2. The Labute approximate surface area is 208 Å². The molecule has 2 aromatic rings. The third-order valence-corrected chi connectivity index (χ3v) is 6.45. The summed E-state index contributed by atoms with van der Waals surface area (Å²) in [4.78, 5) is 12.9. The third-order valence-electron chi connectivity index (χ3n) is 6.45. The summed E-state index contributed by atoms with van der Waals surface area (Å²) in [5.41, 5.74) is 2.25. The van der Waals surface area contributed by atoms with Crippen LogP contribution in [0.2, 0.25) is 0 Å². The summed E-state index contributed by atoms with van der Waals surface area (Å²) in [5, 5.41) is 0. The molecule has 0 bridgehead atoms. The van der Waals surface area contributed by atoms with E-state index in [1.165, 1.54) is 76.2 Å². The van der Waals surface area contributed by atoms with Gasteiger partial charge in [0.05, 0.1) is 5.92 Å². The highest BCUT2D eigenvalue weighted by Gasteiger charge is 2.20. The highest BCUT2D eigenvalue weighted by Crippen LogP contribution is 2.19. The largest absolute Gasteiger partial charge is 0.461 e. The number of rotatable bonds is 19. The van der Waals surface area contributed by atoms with E-state index in [4.69, 9.17) is 4.74 Å². The van der Waals surface area contributed by atoms with E-state index in [0.717, 1.165) is 24.8 Å². The summed E-state index contributed by atoms with van der Waals surface area (Å²) in [6.45, 7) is 2.63. The maximum absolute atomic E-state index is 12.9. The van der Waals surface area contributed by atoms with E-state index in [2.05, 4.69) is 31.2 Å². The number of unbranched alkanes of at least 4 members (excludes halogenated alkanes) is 10. The van der Waals surface area contributed by atoms with Crippen molar-refractivity contribution in [1.82, 2.24) is 0 Å². The van der Waals surface area contributed by atoms with Crippen LogP contribution in [0.1, 0.15) is 102 Å². The molecule has 0 heterocycles. The van der Waals surface area contributed by atoms with Crippen LogP contribution in [-0.4, -0.2) is 5.97 Å². The first kappa shape index (κ1) is 27.9. The highest BCUT2D eigenvalue weighted by molar-refractivity contribution is 5.72. The van der Waals surface area contributed by atoms with Crippen LogP contribution in [0, 0.1) is 5.92 Å². The monoisotopic (exact) mass is 462 g/mol. The smallest absolute Gasteiger partial charge is 0.309 e. The number of ether oxygens (including phenoxy) is 1. The van der Waals surface area contributed by atoms with Gasteiger partial charge in [0.1, 0.15) is 6.61 Å². The maximum atomic E-state index is 12.9. The number of hydrogen-bond acceptors (Lipinski definition) is 2. The van der Waals surface area contributed by atoms with Crippen molar-refractivity contribution >= 4 is 5.97 Å². The summed E-state index contributed by atoms with van der Waals surface area (Å²) in [7, 11) is 0. The quantitative estimate of drug-likeness (QED) is 0.118. The maximum Gasteiger partial charge on any atom is 0.309 e. The molecule has 0 aliphatic carbocycles. The molecule has 1 unspecified atom stereocenters. The van der Waals surface area contributed by atoms with Crippen LogP contribution in [-0.2, 0) is 22.6 Å². The molecule has 0 aliphatic rings. The van der Waals surface area contributed by atoms with Crippen LogP contribution >= 0.6 is 0 Å². The van der Waals surface area contributed by atoms with E-state index >= 15 is 0 Å². The molecule has 2 aromatic carbocycles. The summed E-state index contributed by atoms with van der Waals surface area (Å²) in [5.74, 6) is -0.131. The number of carbonyl (C=O) groups excluding carboxylic acids is 1. The molecular weight excluding hydrogens is 416 g/mol. The van der Waals surface area contributed by atoms with E-state index in [1.807, 2.05) is 48.5 Å².